The second-order valence-corrected chi connectivity index (χ2v) is 3.09. The standard InChI is InChI=1S/C9H11O.Co.2HI/c10-8-9-6-4-2-1-3-5-7-9;;;/h2,4,6H,1,3,5,7H2;;2*1H. The van der Waals surface area contributed by atoms with E-state index >= 15 is 0 Å². The van der Waals surface area contributed by atoms with Crippen LogP contribution in [-0.2, 0) is 20.5 Å². The zero-order valence-corrected chi connectivity index (χ0v) is 12.8. The Morgan fingerprint density at radius 3 is 2.62 bits per heavy atom. The van der Waals surface area contributed by atoms with Crippen LogP contribution in [0, 0.1) is 0 Å². The molecule has 0 unspecified atom stereocenters. The number of carbonyl (C=O) groups is 1. The molecule has 0 heterocycles. The van der Waals surface area contributed by atoms with E-state index in [1.165, 1.54) is 6.42 Å². The number of halogens is 2. The SMILES string of the molecule is I.I.O=[C]([Co])C1=CC=CCCCC1. The molecule has 78 valence electrons. The summed E-state index contributed by atoms with van der Waals surface area (Å²) in [7, 11) is 0. The monoisotopic (exact) mass is 450 g/mol. The summed E-state index contributed by atoms with van der Waals surface area (Å²) in [5.41, 5.74) is 0.834. The molecule has 0 aromatic carbocycles. The van der Waals surface area contributed by atoms with E-state index in [0.717, 1.165) is 24.8 Å². The van der Waals surface area contributed by atoms with Crippen molar-refractivity contribution in [2.75, 3.05) is 0 Å². The molecule has 0 aromatic heterocycles. The van der Waals surface area contributed by atoms with Crippen LogP contribution in [0.15, 0.2) is 23.8 Å². The molecule has 1 aliphatic rings. The number of carbonyl (C=O) groups excluding carboxylic acids is 1. The predicted molar refractivity (Wildman–Crippen MR) is 71.5 cm³/mol. The van der Waals surface area contributed by atoms with Crippen molar-refractivity contribution >= 4 is 52.7 Å². The molecule has 0 atom stereocenters. The zero-order valence-electron chi connectivity index (χ0n) is 7.12. The summed E-state index contributed by atoms with van der Waals surface area (Å²) < 4.78 is -0.0935. The van der Waals surface area contributed by atoms with Crippen LogP contribution in [0.4, 0.5) is 0 Å². The van der Waals surface area contributed by atoms with Crippen LogP contribution in [0.1, 0.15) is 25.7 Å². The fourth-order valence-corrected chi connectivity index (χ4v) is 1.31. The first kappa shape index (κ1) is 16.5. The second-order valence-electron chi connectivity index (χ2n) is 2.62. The zero-order chi connectivity index (χ0) is 8.10. The van der Waals surface area contributed by atoms with E-state index in [0.29, 0.717) is 0 Å². The van der Waals surface area contributed by atoms with Crippen LogP contribution in [0.25, 0.3) is 0 Å². The van der Waals surface area contributed by atoms with Gasteiger partial charge in [-0.2, -0.15) is 0 Å². The summed E-state index contributed by atoms with van der Waals surface area (Å²) in [4.78, 5) is 10.8. The van der Waals surface area contributed by atoms with Gasteiger partial charge in [0.15, 0.2) is 0 Å². The average molecular weight is 450 g/mol. The van der Waals surface area contributed by atoms with Crippen molar-refractivity contribution < 1.29 is 20.5 Å². The minimum atomic E-state index is -0.0935. The van der Waals surface area contributed by atoms with E-state index in [-0.39, 0.29) is 52.7 Å². The van der Waals surface area contributed by atoms with Crippen molar-refractivity contribution in [3.8, 4) is 0 Å². The minimum absolute atomic E-state index is 0. The molecule has 4 heteroatoms. The van der Waals surface area contributed by atoms with Gasteiger partial charge in [0.2, 0.25) is 0 Å². The third-order valence-electron chi connectivity index (χ3n) is 1.74. The molecule has 0 N–H and O–H groups in total. The van der Waals surface area contributed by atoms with Gasteiger partial charge in [-0.05, 0) is 0 Å². The predicted octanol–water partition coefficient (Wildman–Crippen LogP) is 3.35. The number of hydrogen-bond donors (Lipinski definition) is 0. The van der Waals surface area contributed by atoms with Crippen molar-refractivity contribution in [1.29, 1.82) is 0 Å². The number of hydrogen-bond acceptors (Lipinski definition) is 1. The Labute approximate surface area is 121 Å². The Balaban J connectivity index is 0. The molecule has 1 rings (SSSR count). The summed E-state index contributed by atoms with van der Waals surface area (Å²) in [6.45, 7) is 0. The summed E-state index contributed by atoms with van der Waals surface area (Å²) in [6, 6.07) is 0. The molecule has 0 bridgehead atoms. The molecule has 0 saturated heterocycles. The molecule has 0 saturated carbocycles. The third-order valence-corrected chi connectivity index (χ3v) is 2.07. The Hall–Kier alpha value is 1.12. The van der Waals surface area contributed by atoms with Crippen LogP contribution in [0.3, 0.4) is 0 Å². The van der Waals surface area contributed by atoms with Crippen molar-refractivity contribution in [3.05, 3.63) is 23.8 Å². The molecule has 0 aliphatic heterocycles. The summed E-state index contributed by atoms with van der Waals surface area (Å²) in [6.07, 6.45) is 10.2. The maximum absolute atomic E-state index is 10.8. The van der Waals surface area contributed by atoms with E-state index in [2.05, 4.69) is 21.8 Å². The molecule has 0 spiro atoms. The van der Waals surface area contributed by atoms with Gasteiger partial charge in [0.1, 0.15) is 0 Å². The maximum atomic E-state index is 10.8. The van der Waals surface area contributed by atoms with Gasteiger partial charge in [-0.15, -0.1) is 48.0 Å². The molecule has 13 heavy (non-hydrogen) atoms. The van der Waals surface area contributed by atoms with Gasteiger partial charge >= 0.3 is 74.7 Å². The van der Waals surface area contributed by atoms with Crippen molar-refractivity contribution in [1.82, 2.24) is 0 Å². The van der Waals surface area contributed by atoms with Gasteiger partial charge in [0, 0.05) is 0 Å². The van der Waals surface area contributed by atoms with Crippen LogP contribution >= 0.6 is 48.0 Å². The van der Waals surface area contributed by atoms with Crippen molar-refractivity contribution in [3.63, 3.8) is 0 Å². The molecule has 1 nitrogen and oxygen atoms in total. The number of rotatable bonds is 1. The van der Waals surface area contributed by atoms with Gasteiger partial charge in [-0.3, -0.25) is 0 Å². The Morgan fingerprint density at radius 2 is 2.00 bits per heavy atom. The molecular weight excluding hydrogens is 437 g/mol. The van der Waals surface area contributed by atoms with Crippen LogP contribution in [0.2, 0.25) is 0 Å². The fourth-order valence-electron chi connectivity index (χ4n) is 1.10. The molecule has 0 aromatic rings. The Bertz CT molecular complexity index is 212. The second kappa shape index (κ2) is 9.66. The topological polar surface area (TPSA) is 17.1 Å². The van der Waals surface area contributed by atoms with Crippen molar-refractivity contribution in [2.24, 2.45) is 0 Å². The van der Waals surface area contributed by atoms with E-state index in [1.54, 1.807) is 0 Å². The molecular formula is C9H13CoI2O. The first-order valence-corrected chi connectivity index (χ1v) is 4.36. The summed E-state index contributed by atoms with van der Waals surface area (Å²) in [5, 5.41) is 0. The van der Waals surface area contributed by atoms with Gasteiger partial charge in [-0.25, -0.2) is 0 Å². The van der Waals surface area contributed by atoms with Crippen LogP contribution in [0.5, 0.6) is 0 Å². The quantitative estimate of drug-likeness (QED) is 0.561. The van der Waals surface area contributed by atoms with E-state index in [1.807, 2.05) is 12.2 Å². The van der Waals surface area contributed by atoms with E-state index in [4.69, 9.17) is 0 Å². The van der Waals surface area contributed by atoms with Crippen LogP contribution in [-0.4, -0.2) is 4.72 Å². The third kappa shape index (κ3) is 7.09. The number of allylic oxidation sites excluding steroid dienone is 4. The van der Waals surface area contributed by atoms with Crippen LogP contribution < -0.4 is 0 Å². The first-order chi connectivity index (χ1) is 5.30. The van der Waals surface area contributed by atoms with E-state index in [9.17, 15) is 4.79 Å². The van der Waals surface area contributed by atoms with E-state index < -0.39 is 0 Å². The summed E-state index contributed by atoms with van der Waals surface area (Å²) >= 11 is 3.83. The Morgan fingerprint density at radius 1 is 1.31 bits per heavy atom. The molecule has 0 amide bonds. The first-order valence-electron chi connectivity index (χ1n) is 3.84. The summed E-state index contributed by atoms with van der Waals surface area (Å²) in [5.74, 6) is 0. The van der Waals surface area contributed by atoms with Gasteiger partial charge in [0.25, 0.3) is 0 Å². The van der Waals surface area contributed by atoms with Gasteiger partial charge in [-0.1, -0.05) is 0 Å². The normalized spacial score (nSPS) is 15.7. The average Bonchev–Trinajstić information content (AvgIpc) is 1.84. The Kier molecular flexibility index (Phi) is 12.3. The molecule has 0 fully saturated rings. The molecule has 1 aliphatic carbocycles. The van der Waals surface area contributed by atoms with Crippen molar-refractivity contribution in [2.45, 2.75) is 25.7 Å². The fraction of sp³-hybridized carbons (Fsp3) is 0.444. The van der Waals surface area contributed by atoms with Gasteiger partial charge in [0.05, 0.1) is 0 Å². The van der Waals surface area contributed by atoms with Gasteiger partial charge < -0.3 is 0 Å². The molecule has 0 radical (unpaired) electrons.